The Kier molecular flexibility index (Phi) is 6.82. The van der Waals surface area contributed by atoms with Gasteiger partial charge in [0, 0.05) is 12.1 Å². The lowest BCUT2D eigenvalue weighted by atomic mass is 9.84. The van der Waals surface area contributed by atoms with Gasteiger partial charge in [-0.15, -0.1) is 0 Å². The van der Waals surface area contributed by atoms with Crippen LogP contribution < -0.4 is 0 Å². The lowest BCUT2D eigenvalue weighted by Crippen LogP contribution is -2.00. The molecule has 0 aliphatic rings. The van der Waals surface area contributed by atoms with Crippen molar-refractivity contribution in [3.63, 3.8) is 0 Å². The Morgan fingerprint density at radius 2 is 0.980 bits per heavy atom. The number of hydrogen-bond acceptors (Lipinski definition) is 1. The molecule has 0 aliphatic carbocycles. The first-order valence-corrected chi connectivity index (χ1v) is 17.8. The van der Waals surface area contributed by atoms with E-state index in [2.05, 4.69) is 187 Å². The summed E-state index contributed by atoms with van der Waals surface area (Å²) in [6, 6.07) is 64.4. The minimum Gasteiger partial charge on any atom is -0.296 e. The van der Waals surface area contributed by atoms with Crippen LogP contribution in [0.1, 0.15) is 12.7 Å². The second-order valence-corrected chi connectivity index (χ2v) is 13.4. The van der Waals surface area contributed by atoms with Gasteiger partial charge in [-0.1, -0.05) is 146 Å². The van der Waals surface area contributed by atoms with Gasteiger partial charge >= 0.3 is 0 Å². The molecule has 0 atom stereocenters. The van der Waals surface area contributed by atoms with E-state index in [-0.39, 0.29) is 0 Å². The van der Waals surface area contributed by atoms with Gasteiger partial charge in [-0.2, -0.15) is 0 Å². The lowest BCUT2D eigenvalue weighted by Gasteiger charge is -2.19. The molecule has 0 bridgehead atoms. The monoisotopic (exact) mass is 650 g/mol. The second-order valence-electron chi connectivity index (χ2n) is 13.4. The zero-order chi connectivity index (χ0) is 33.9. The van der Waals surface area contributed by atoms with Crippen LogP contribution in [0.2, 0.25) is 0 Å². The molecule has 0 amide bonds. The minimum atomic E-state index is 0.861. The summed E-state index contributed by atoms with van der Waals surface area (Å²) in [6.45, 7) is 2.17. The molecule has 51 heavy (non-hydrogen) atoms. The van der Waals surface area contributed by atoms with Crippen molar-refractivity contribution in [2.45, 2.75) is 13.3 Å². The standard InChI is InChI=1S/C49H34N2/c1-2-47-50-45-18-10-11-19-46(45)51(47)38-27-24-35(25-28-38)48-40-16-8-9-17-41(40)49(42-29-26-36(30-44(42)48)32-12-4-3-5-13-32)37-23-22-34-21-20-33-14-6-7-15-39(33)43(34)31-37/h3-31H,2H2,1H3. The molecule has 9 aromatic carbocycles. The van der Waals surface area contributed by atoms with Crippen LogP contribution in [-0.4, -0.2) is 9.55 Å². The van der Waals surface area contributed by atoms with E-state index in [1.54, 1.807) is 0 Å². The van der Waals surface area contributed by atoms with Crippen molar-refractivity contribution < 1.29 is 0 Å². The Morgan fingerprint density at radius 1 is 0.412 bits per heavy atom. The summed E-state index contributed by atoms with van der Waals surface area (Å²) >= 11 is 0. The van der Waals surface area contributed by atoms with Crippen molar-refractivity contribution in [2.75, 3.05) is 0 Å². The zero-order valence-corrected chi connectivity index (χ0v) is 28.3. The average molecular weight is 651 g/mol. The van der Waals surface area contributed by atoms with Gasteiger partial charge in [0.05, 0.1) is 11.0 Å². The smallest absolute Gasteiger partial charge is 0.114 e. The summed E-state index contributed by atoms with van der Waals surface area (Å²) in [5.74, 6) is 1.07. The summed E-state index contributed by atoms with van der Waals surface area (Å²) in [6.07, 6.45) is 0.861. The van der Waals surface area contributed by atoms with Gasteiger partial charge in [-0.3, -0.25) is 4.57 Å². The Morgan fingerprint density at radius 3 is 1.76 bits per heavy atom. The largest absolute Gasteiger partial charge is 0.296 e. The van der Waals surface area contributed by atoms with Crippen LogP contribution in [-0.2, 0) is 6.42 Å². The van der Waals surface area contributed by atoms with Crippen molar-refractivity contribution in [3.05, 3.63) is 182 Å². The van der Waals surface area contributed by atoms with Crippen LogP contribution >= 0.6 is 0 Å². The van der Waals surface area contributed by atoms with Gasteiger partial charge < -0.3 is 0 Å². The van der Waals surface area contributed by atoms with Gasteiger partial charge in [0.25, 0.3) is 0 Å². The van der Waals surface area contributed by atoms with Gasteiger partial charge in [-0.25, -0.2) is 4.98 Å². The molecule has 240 valence electrons. The van der Waals surface area contributed by atoms with E-state index in [4.69, 9.17) is 4.98 Å². The van der Waals surface area contributed by atoms with Crippen molar-refractivity contribution in [1.82, 2.24) is 9.55 Å². The van der Waals surface area contributed by atoms with Crippen LogP contribution in [0.15, 0.2) is 176 Å². The van der Waals surface area contributed by atoms with Crippen LogP contribution in [0.4, 0.5) is 0 Å². The third-order valence-corrected chi connectivity index (χ3v) is 10.5. The number of aryl methyl sites for hydroxylation is 1. The molecular weight excluding hydrogens is 617 g/mol. The molecule has 0 saturated carbocycles. The number of imidazole rings is 1. The van der Waals surface area contributed by atoms with Gasteiger partial charge in [0.2, 0.25) is 0 Å². The quantitative estimate of drug-likeness (QED) is 0.134. The molecule has 0 aliphatic heterocycles. The zero-order valence-electron chi connectivity index (χ0n) is 28.3. The highest BCUT2D eigenvalue weighted by molar-refractivity contribution is 6.22. The van der Waals surface area contributed by atoms with Crippen LogP contribution in [0.25, 0.3) is 93.2 Å². The Bertz CT molecular complexity index is 2930. The number of aromatic nitrogens is 2. The fourth-order valence-corrected chi connectivity index (χ4v) is 8.15. The normalized spacial score (nSPS) is 11.7. The van der Waals surface area contributed by atoms with Crippen molar-refractivity contribution in [3.8, 4) is 39.1 Å². The molecule has 2 heteroatoms. The molecule has 0 radical (unpaired) electrons. The van der Waals surface area contributed by atoms with Gasteiger partial charge in [0.1, 0.15) is 5.82 Å². The molecule has 2 nitrogen and oxygen atoms in total. The van der Waals surface area contributed by atoms with E-state index in [1.165, 1.54) is 76.5 Å². The number of nitrogens with zero attached hydrogens (tertiary/aromatic N) is 2. The number of benzene rings is 9. The summed E-state index contributed by atoms with van der Waals surface area (Å²) in [5, 5.41) is 10.1. The topological polar surface area (TPSA) is 17.8 Å². The number of fused-ring (bicyclic) bond motifs is 6. The molecule has 0 saturated heterocycles. The minimum absolute atomic E-state index is 0.861. The molecule has 1 aromatic heterocycles. The maximum absolute atomic E-state index is 4.95. The predicted molar refractivity (Wildman–Crippen MR) is 217 cm³/mol. The van der Waals surface area contributed by atoms with E-state index in [1.807, 2.05) is 0 Å². The first-order valence-electron chi connectivity index (χ1n) is 17.8. The molecule has 10 aromatic rings. The van der Waals surface area contributed by atoms with Crippen molar-refractivity contribution >= 4 is 54.1 Å². The van der Waals surface area contributed by atoms with E-state index < -0.39 is 0 Å². The molecule has 0 fully saturated rings. The van der Waals surface area contributed by atoms with Crippen molar-refractivity contribution in [1.29, 1.82) is 0 Å². The summed E-state index contributed by atoms with van der Waals surface area (Å²) < 4.78 is 2.30. The van der Waals surface area contributed by atoms with Crippen molar-refractivity contribution in [2.24, 2.45) is 0 Å². The Labute approximate surface area is 296 Å². The maximum atomic E-state index is 4.95. The van der Waals surface area contributed by atoms with Gasteiger partial charge in [-0.05, 0) is 113 Å². The maximum Gasteiger partial charge on any atom is 0.114 e. The molecule has 1 heterocycles. The molecule has 0 unspecified atom stereocenters. The summed E-state index contributed by atoms with van der Waals surface area (Å²) in [7, 11) is 0. The van der Waals surface area contributed by atoms with E-state index in [0.717, 1.165) is 29.0 Å². The second kappa shape index (κ2) is 11.8. The highest BCUT2D eigenvalue weighted by Crippen LogP contribution is 2.46. The molecule has 10 rings (SSSR count). The lowest BCUT2D eigenvalue weighted by molar-refractivity contribution is 0.908. The fraction of sp³-hybridized carbons (Fsp3) is 0.0408. The predicted octanol–water partition coefficient (Wildman–Crippen LogP) is 13.2. The SMILES string of the molecule is CCc1nc2ccccc2n1-c1ccc(-c2c3ccccc3c(-c3ccc4ccc5ccccc5c4c3)c3ccc(-c4ccccc4)cc23)cc1. The third kappa shape index (κ3) is 4.75. The molecule has 0 N–H and O–H groups in total. The van der Waals surface area contributed by atoms with Crippen LogP contribution in [0, 0.1) is 0 Å². The first-order chi connectivity index (χ1) is 25.2. The van der Waals surface area contributed by atoms with Gasteiger partial charge in [0.15, 0.2) is 0 Å². The number of para-hydroxylation sites is 2. The summed E-state index contributed by atoms with van der Waals surface area (Å²) in [5.41, 5.74) is 10.7. The third-order valence-electron chi connectivity index (χ3n) is 10.5. The summed E-state index contributed by atoms with van der Waals surface area (Å²) in [4.78, 5) is 4.95. The van der Waals surface area contributed by atoms with E-state index in [9.17, 15) is 0 Å². The molecule has 0 spiro atoms. The first kappa shape index (κ1) is 29.4. The Balaban J connectivity index is 1.25. The van der Waals surface area contributed by atoms with Crippen LogP contribution in [0.5, 0.6) is 0 Å². The molecular formula is C49H34N2. The average Bonchev–Trinajstić information content (AvgIpc) is 3.59. The van der Waals surface area contributed by atoms with E-state index in [0.29, 0.717) is 0 Å². The number of rotatable bonds is 5. The Hall–Kier alpha value is -6.51. The fourth-order valence-electron chi connectivity index (χ4n) is 8.15. The highest BCUT2D eigenvalue weighted by atomic mass is 15.1. The highest BCUT2D eigenvalue weighted by Gasteiger charge is 2.19. The van der Waals surface area contributed by atoms with E-state index >= 15 is 0 Å². The van der Waals surface area contributed by atoms with Crippen LogP contribution in [0.3, 0.4) is 0 Å². The number of hydrogen-bond donors (Lipinski definition) is 0.